The van der Waals surface area contributed by atoms with Gasteiger partial charge in [0, 0.05) is 12.2 Å². The minimum Gasteiger partial charge on any atom is -0.394 e. The van der Waals surface area contributed by atoms with Crippen LogP contribution in [0, 0.1) is 11.3 Å². The number of hydrogen-bond acceptors (Lipinski definition) is 4. The summed E-state index contributed by atoms with van der Waals surface area (Å²) in [5.41, 5.74) is -1.05. The van der Waals surface area contributed by atoms with Crippen molar-refractivity contribution in [2.75, 3.05) is 18.1 Å². The third kappa shape index (κ3) is 2.71. The molecule has 0 aliphatic carbocycles. The normalized spacial score (nSPS) is 22.9. The van der Waals surface area contributed by atoms with Crippen LogP contribution in [0.25, 0.3) is 0 Å². The second kappa shape index (κ2) is 5.31. The second-order valence-corrected chi connectivity index (χ2v) is 4.53. The van der Waals surface area contributed by atoms with Crippen molar-refractivity contribution in [1.82, 2.24) is 0 Å². The van der Waals surface area contributed by atoms with Gasteiger partial charge in [0.1, 0.15) is 12.3 Å². The lowest BCUT2D eigenvalue weighted by Crippen LogP contribution is -2.28. The van der Waals surface area contributed by atoms with E-state index in [2.05, 4.69) is 0 Å². The highest BCUT2D eigenvalue weighted by molar-refractivity contribution is 5.55. The molecule has 1 aromatic rings. The monoisotopic (exact) mass is 286 g/mol. The molecule has 1 saturated heterocycles. The molecule has 20 heavy (non-hydrogen) atoms. The van der Waals surface area contributed by atoms with Crippen molar-refractivity contribution in [2.45, 2.75) is 25.4 Å². The molecule has 1 aliphatic rings. The molecule has 2 atom stereocenters. The number of halogens is 3. The highest BCUT2D eigenvalue weighted by Crippen LogP contribution is 2.35. The first-order valence-corrected chi connectivity index (χ1v) is 6.01. The van der Waals surface area contributed by atoms with Crippen molar-refractivity contribution < 1.29 is 23.0 Å². The molecule has 1 fully saturated rings. The summed E-state index contributed by atoms with van der Waals surface area (Å²) in [4.78, 5) is 1.62. The Morgan fingerprint density at radius 2 is 2.20 bits per heavy atom. The maximum absolute atomic E-state index is 12.9. The Labute approximate surface area is 114 Å². The Bertz CT molecular complexity index is 539. The zero-order valence-electron chi connectivity index (χ0n) is 10.7. The molecule has 2 rings (SSSR count). The number of anilines is 1. The van der Waals surface area contributed by atoms with Gasteiger partial charge in [0.05, 0.1) is 23.8 Å². The van der Waals surface area contributed by atoms with E-state index in [-0.39, 0.29) is 6.61 Å². The molecule has 7 heteroatoms. The summed E-state index contributed by atoms with van der Waals surface area (Å²) < 4.78 is 44.1. The van der Waals surface area contributed by atoms with E-state index in [1.165, 1.54) is 6.07 Å². The third-order valence-corrected chi connectivity index (χ3v) is 3.19. The summed E-state index contributed by atoms with van der Waals surface area (Å²) in [5, 5.41) is 17.8. The van der Waals surface area contributed by atoms with E-state index >= 15 is 0 Å². The number of aliphatic hydroxyl groups is 1. The average Bonchev–Trinajstić information content (AvgIpc) is 2.78. The fourth-order valence-electron chi connectivity index (χ4n) is 2.22. The Morgan fingerprint density at radius 1 is 1.50 bits per heavy atom. The van der Waals surface area contributed by atoms with E-state index in [4.69, 9.17) is 15.1 Å². The van der Waals surface area contributed by atoms with Gasteiger partial charge in [-0.15, -0.1) is 0 Å². The lowest BCUT2D eigenvalue weighted by atomic mass is 10.1. The van der Waals surface area contributed by atoms with Gasteiger partial charge in [-0.2, -0.15) is 18.4 Å². The zero-order chi connectivity index (χ0) is 14.9. The molecule has 1 aromatic carbocycles. The fraction of sp³-hybridized carbons (Fsp3) is 0.462. The maximum Gasteiger partial charge on any atom is 0.417 e. The van der Waals surface area contributed by atoms with E-state index in [9.17, 15) is 13.2 Å². The van der Waals surface area contributed by atoms with Gasteiger partial charge in [-0.3, -0.25) is 0 Å². The quantitative estimate of drug-likeness (QED) is 0.904. The molecule has 0 spiro atoms. The standard InChI is InChI=1S/C13H13F3N2O2/c1-8-18(6-11(7-19)20-8)10-3-2-9(5-17)12(4-10)13(14,15)16/h2-4,8,11,19H,6-7H2,1H3/t8-,11-/m0/s1. The highest BCUT2D eigenvalue weighted by Gasteiger charge is 2.36. The third-order valence-electron chi connectivity index (χ3n) is 3.19. The summed E-state index contributed by atoms with van der Waals surface area (Å²) in [6.45, 7) is 1.81. The van der Waals surface area contributed by atoms with Gasteiger partial charge in [-0.25, -0.2) is 0 Å². The Hall–Kier alpha value is -1.78. The summed E-state index contributed by atoms with van der Waals surface area (Å²) in [7, 11) is 0. The molecule has 4 nitrogen and oxygen atoms in total. The smallest absolute Gasteiger partial charge is 0.394 e. The number of aliphatic hydroxyl groups excluding tert-OH is 1. The lowest BCUT2D eigenvalue weighted by molar-refractivity contribution is -0.137. The fourth-order valence-corrected chi connectivity index (χ4v) is 2.22. The first-order valence-electron chi connectivity index (χ1n) is 6.01. The van der Waals surface area contributed by atoms with Gasteiger partial charge in [0.2, 0.25) is 0 Å². The van der Waals surface area contributed by atoms with E-state index in [1.54, 1.807) is 17.9 Å². The van der Waals surface area contributed by atoms with Crippen molar-refractivity contribution in [3.8, 4) is 6.07 Å². The molecule has 1 heterocycles. The predicted octanol–water partition coefficient (Wildman–Crippen LogP) is 2.12. The van der Waals surface area contributed by atoms with E-state index in [0.29, 0.717) is 12.2 Å². The molecule has 1 N–H and O–H groups in total. The highest BCUT2D eigenvalue weighted by atomic mass is 19.4. The van der Waals surface area contributed by atoms with Crippen LogP contribution in [-0.4, -0.2) is 30.6 Å². The summed E-state index contributed by atoms with van der Waals surface area (Å²) in [6.07, 6.45) is -5.43. The van der Waals surface area contributed by atoms with Crippen molar-refractivity contribution in [2.24, 2.45) is 0 Å². The maximum atomic E-state index is 12.9. The van der Waals surface area contributed by atoms with Crippen molar-refractivity contribution in [3.63, 3.8) is 0 Å². The molecule has 1 aliphatic heterocycles. The molecule has 0 saturated carbocycles. The second-order valence-electron chi connectivity index (χ2n) is 4.53. The molecule has 108 valence electrons. The Morgan fingerprint density at radius 3 is 2.70 bits per heavy atom. The van der Waals surface area contributed by atoms with Crippen LogP contribution in [0.4, 0.5) is 18.9 Å². The van der Waals surface area contributed by atoms with Crippen LogP contribution >= 0.6 is 0 Å². The van der Waals surface area contributed by atoms with E-state index in [1.807, 2.05) is 0 Å². The van der Waals surface area contributed by atoms with Crippen LogP contribution in [0.3, 0.4) is 0 Å². The molecule has 0 unspecified atom stereocenters. The largest absolute Gasteiger partial charge is 0.417 e. The molecular weight excluding hydrogens is 273 g/mol. The van der Waals surface area contributed by atoms with E-state index < -0.39 is 29.6 Å². The van der Waals surface area contributed by atoms with Crippen LogP contribution in [-0.2, 0) is 10.9 Å². The van der Waals surface area contributed by atoms with Crippen molar-refractivity contribution in [3.05, 3.63) is 29.3 Å². The molecule has 0 radical (unpaired) electrons. The van der Waals surface area contributed by atoms with Gasteiger partial charge in [0.25, 0.3) is 0 Å². The molecule has 0 amide bonds. The first-order chi connectivity index (χ1) is 9.36. The summed E-state index contributed by atoms with van der Waals surface area (Å²) in [5.74, 6) is 0. The average molecular weight is 286 g/mol. The van der Waals surface area contributed by atoms with Gasteiger partial charge < -0.3 is 14.7 Å². The van der Waals surface area contributed by atoms with Crippen molar-refractivity contribution in [1.29, 1.82) is 5.26 Å². The van der Waals surface area contributed by atoms with Crippen LogP contribution in [0.15, 0.2) is 18.2 Å². The number of rotatable bonds is 2. The SMILES string of the molecule is C[C@@H]1O[C@H](CO)CN1c1ccc(C#N)c(C(F)(F)F)c1. The number of nitrogens with zero attached hydrogens (tertiary/aromatic N) is 2. The number of hydrogen-bond donors (Lipinski definition) is 1. The number of ether oxygens (including phenoxy) is 1. The summed E-state index contributed by atoms with van der Waals surface area (Å²) >= 11 is 0. The zero-order valence-corrected chi connectivity index (χ0v) is 10.7. The minimum atomic E-state index is -4.58. The molecule has 0 bridgehead atoms. The number of alkyl halides is 3. The topological polar surface area (TPSA) is 56.5 Å². The van der Waals surface area contributed by atoms with Crippen LogP contribution in [0.1, 0.15) is 18.1 Å². The van der Waals surface area contributed by atoms with Gasteiger partial charge in [0.15, 0.2) is 0 Å². The van der Waals surface area contributed by atoms with Crippen molar-refractivity contribution >= 4 is 5.69 Å². The lowest BCUT2D eigenvalue weighted by Gasteiger charge is -2.23. The van der Waals surface area contributed by atoms with Gasteiger partial charge in [-0.05, 0) is 25.1 Å². The Balaban J connectivity index is 2.38. The molecule has 0 aromatic heterocycles. The van der Waals surface area contributed by atoms with Gasteiger partial charge >= 0.3 is 6.18 Å². The number of benzene rings is 1. The summed E-state index contributed by atoms with van der Waals surface area (Å²) in [6, 6.07) is 5.09. The minimum absolute atomic E-state index is 0.191. The van der Waals surface area contributed by atoms with E-state index in [0.717, 1.165) is 12.1 Å². The van der Waals surface area contributed by atoms with Crippen LogP contribution in [0.5, 0.6) is 0 Å². The Kier molecular flexibility index (Phi) is 3.88. The van der Waals surface area contributed by atoms with Gasteiger partial charge in [-0.1, -0.05) is 0 Å². The van der Waals surface area contributed by atoms with Crippen LogP contribution in [0.2, 0.25) is 0 Å². The molecular formula is C13H13F3N2O2. The predicted molar refractivity (Wildman–Crippen MR) is 64.9 cm³/mol. The first kappa shape index (κ1) is 14.6. The number of nitriles is 1. The van der Waals surface area contributed by atoms with Crippen LogP contribution < -0.4 is 4.90 Å².